The Kier molecular flexibility index (Phi) is 10.3. The molecule has 0 aliphatic heterocycles. The molecule has 1 rings (SSSR count). The number of rotatable bonds is 12. The standard InChI is InChI=1S/C26H44O4Si/c1-11-23(29-17-22-15-13-12-14-16-22)19(3)25(28)20(4)24(27)18(2)21(5)30-31(9,10)26(6,7)8/h12-16,18-21,23H,11,17H2,1-10H3/t18-,19+,20?,21+,23+/m1/s1. The minimum Gasteiger partial charge on any atom is -0.414 e. The molecule has 1 unspecified atom stereocenters. The first kappa shape index (κ1) is 27.7. The molecule has 0 amide bonds. The van der Waals surface area contributed by atoms with Crippen molar-refractivity contribution in [2.45, 2.75) is 98.8 Å². The predicted octanol–water partition coefficient (Wildman–Crippen LogP) is 6.44. The third-order valence-corrected chi connectivity index (χ3v) is 11.6. The van der Waals surface area contributed by atoms with Crippen LogP contribution in [0.4, 0.5) is 0 Å². The zero-order valence-electron chi connectivity index (χ0n) is 21.3. The van der Waals surface area contributed by atoms with E-state index in [0.29, 0.717) is 6.61 Å². The Bertz CT molecular complexity index is 708. The lowest BCUT2D eigenvalue weighted by Crippen LogP contribution is -2.46. The van der Waals surface area contributed by atoms with E-state index in [-0.39, 0.29) is 40.6 Å². The first-order valence-corrected chi connectivity index (χ1v) is 14.5. The summed E-state index contributed by atoms with van der Waals surface area (Å²) in [7, 11) is -1.98. The lowest BCUT2D eigenvalue weighted by Gasteiger charge is -2.40. The van der Waals surface area contributed by atoms with Gasteiger partial charge < -0.3 is 9.16 Å². The Morgan fingerprint density at radius 1 is 0.935 bits per heavy atom. The van der Waals surface area contributed by atoms with Gasteiger partial charge in [0.1, 0.15) is 11.6 Å². The molecule has 1 aromatic carbocycles. The van der Waals surface area contributed by atoms with E-state index in [2.05, 4.69) is 33.9 Å². The van der Waals surface area contributed by atoms with Gasteiger partial charge in [0.25, 0.3) is 0 Å². The van der Waals surface area contributed by atoms with E-state index in [1.807, 2.05) is 58.0 Å². The average molecular weight is 449 g/mol. The zero-order chi connectivity index (χ0) is 24.0. The van der Waals surface area contributed by atoms with Gasteiger partial charge >= 0.3 is 0 Å². The van der Waals surface area contributed by atoms with Crippen LogP contribution < -0.4 is 0 Å². The Balaban J connectivity index is 2.76. The molecular weight excluding hydrogens is 404 g/mol. The van der Waals surface area contributed by atoms with Crippen LogP contribution in [0.15, 0.2) is 30.3 Å². The maximum Gasteiger partial charge on any atom is 0.192 e. The topological polar surface area (TPSA) is 52.6 Å². The van der Waals surface area contributed by atoms with Gasteiger partial charge in [-0.3, -0.25) is 9.59 Å². The molecule has 0 heterocycles. The Hall–Kier alpha value is -1.30. The predicted molar refractivity (Wildman–Crippen MR) is 131 cm³/mol. The van der Waals surface area contributed by atoms with Crippen LogP contribution in [-0.2, 0) is 25.4 Å². The highest BCUT2D eigenvalue weighted by Crippen LogP contribution is 2.38. The van der Waals surface area contributed by atoms with Crippen molar-refractivity contribution in [3.63, 3.8) is 0 Å². The summed E-state index contributed by atoms with van der Waals surface area (Å²) < 4.78 is 12.5. The van der Waals surface area contributed by atoms with Crippen LogP contribution in [0.3, 0.4) is 0 Å². The van der Waals surface area contributed by atoms with Crippen molar-refractivity contribution in [2.24, 2.45) is 17.8 Å². The van der Waals surface area contributed by atoms with Gasteiger partial charge in [0.05, 0.1) is 24.7 Å². The molecule has 5 heteroatoms. The minimum atomic E-state index is -1.98. The molecule has 0 bridgehead atoms. The van der Waals surface area contributed by atoms with Crippen LogP contribution in [0.5, 0.6) is 0 Å². The number of carbonyl (C=O) groups excluding carboxylic acids is 2. The SMILES string of the molecule is CC[C@H](OCc1ccccc1)[C@H](C)C(=O)C(C)C(=O)[C@H](C)[C@H](C)O[Si](C)(C)C(C)(C)C. The molecular formula is C26H44O4Si. The molecule has 0 saturated carbocycles. The van der Waals surface area contributed by atoms with Crippen molar-refractivity contribution in [1.29, 1.82) is 0 Å². The lowest BCUT2D eigenvalue weighted by atomic mass is 9.83. The molecule has 0 N–H and O–H groups in total. The first-order valence-electron chi connectivity index (χ1n) is 11.6. The fourth-order valence-corrected chi connectivity index (χ4v) is 4.97. The summed E-state index contributed by atoms with van der Waals surface area (Å²) >= 11 is 0. The Morgan fingerprint density at radius 3 is 1.94 bits per heavy atom. The summed E-state index contributed by atoms with van der Waals surface area (Å²) in [5, 5.41) is 0.0738. The fraction of sp³-hybridized carbons (Fsp3) is 0.692. The summed E-state index contributed by atoms with van der Waals surface area (Å²) in [4.78, 5) is 26.3. The number of benzene rings is 1. The molecule has 5 atom stereocenters. The lowest BCUT2D eigenvalue weighted by molar-refractivity contribution is -0.140. The molecule has 0 saturated heterocycles. The highest BCUT2D eigenvalue weighted by molar-refractivity contribution is 6.74. The van der Waals surface area contributed by atoms with E-state index in [0.717, 1.165) is 12.0 Å². The minimum absolute atomic E-state index is 0.0408. The van der Waals surface area contributed by atoms with Crippen molar-refractivity contribution < 1.29 is 18.8 Å². The summed E-state index contributed by atoms with van der Waals surface area (Å²) in [6.07, 6.45) is 0.301. The maximum atomic E-state index is 13.1. The third-order valence-electron chi connectivity index (χ3n) is 7.01. The van der Waals surface area contributed by atoms with Crippen LogP contribution in [0.25, 0.3) is 0 Å². The van der Waals surface area contributed by atoms with Gasteiger partial charge in [0.2, 0.25) is 0 Å². The number of hydrogen-bond donors (Lipinski definition) is 0. The number of carbonyl (C=O) groups is 2. The fourth-order valence-electron chi connectivity index (χ4n) is 3.48. The second-order valence-electron chi connectivity index (χ2n) is 10.4. The van der Waals surface area contributed by atoms with E-state index >= 15 is 0 Å². The normalized spacial score (nSPS) is 17.5. The van der Waals surface area contributed by atoms with E-state index in [1.165, 1.54) is 0 Å². The van der Waals surface area contributed by atoms with Crippen molar-refractivity contribution in [3.8, 4) is 0 Å². The van der Waals surface area contributed by atoms with Crippen LogP contribution in [-0.4, -0.2) is 32.1 Å². The quantitative estimate of drug-likeness (QED) is 0.273. The van der Waals surface area contributed by atoms with Gasteiger partial charge in [-0.05, 0) is 44.0 Å². The Morgan fingerprint density at radius 2 is 1.45 bits per heavy atom. The third kappa shape index (κ3) is 7.65. The van der Waals surface area contributed by atoms with Crippen LogP contribution in [0, 0.1) is 17.8 Å². The summed E-state index contributed by atoms with van der Waals surface area (Å²) in [6, 6.07) is 9.94. The zero-order valence-corrected chi connectivity index (χ0v) is 22.3. The molecule has 0 aliphatic rings. The van der Waals surface area contributed by atoms with Gasteiger partial charge in [-0.1, -0.05) is 71.9 Å². The van der Waals surface area contributed by atoms with E-state index in [4.69, 9.17) is 9.16 Å². The van der Waals surface area contributed by atoms with Gasteiger partial charge in [-0.15, -0.1) is 0 Å². The van der Waals surface area contributed by atoms with Gasteiger partial charge in [-0.2, -0.15) is 0 Å². The molecule has 0 fully saturated rings. The molecule has 0 radical (unpaired) electrons. The van der Waals surface area contributed by atoms with Crippen LogP contribution >= 0.6 is 0 Å². The molecule has 4 nitrogen and oxygen atoms in total. The summed E-state index contributed by atoms with van der Waals surface area (Å²) in [6.45, 7) is 20.9. The Labute approximate surface area is 191 Å². The smallest absolute Gasteiger partial charge is 0.192 e. The van der Waals surface area contributed by atoms with E-state index in [9.17, 15) is 9.59 Å². The van der Waals surface area contributed by atoms with Crippen molar-refractivity contribution in [2.75, 3.05) is 0 Å². The van der Waals surface area contributed by atoms with Gasteiger partial charge in [0, 0.05) is 11.8 Å². The van der Waals surface area contributed by atoms with Crippen molar-refractivity contribution >= 4 is 19.9 Å². The summed E-state index contributed by atoms with van der Waals surface area (Å²) in [5.41, 5.74) is 1.08. The second-order valence-corrected chi connectivity index (χ2v) is 15.2. The molecule has 0 aromatic heterocycles. The molecule has 176 valence electrons. The van der Waals surface area contributed by atoms with Crippen molar-refractivity contribution in [1.82, 2.24) is 0 Å². The van der Waals surface area contributed by atoms with Crippen LogP contribution in [0.2, 0.25) is 18.1 Å². The van der Waals surface area contributed by atoms with Gasteiger partial charge in [-0.25, -0.2) is 0 Å². The molecule has 1 aromatic rings. The summed E-state index contributed by atoms with van der Waals surface area (Å²) in [5.74, 6) is -1.41. The van der Waals surface area contributed by atoms with Crippen molar-refractivity contribution in [3.05, 3.63) is 35.9 Å². The van der Waals surface area contributed by atoms with E-state index in [1.54, 1.807) is 6.92 Å². The average Bonchev–Trinajstić information content (AvgIpc) is 2.71. The second kappa shape index (κ2) is 11.5. The maximum absolute atomic E-state index is 13.1. The number of Topliss-reactive ketones (excluding diaryl/α,β-unsaturated/α-hetero) is 2. The van der Waals surface area contributed by atoms with Gasteiger partial charge in [0.15, 0.2) is 8.32 Å². The number of ether oxygens (including phenoxy) is 1. The monoisotopic (exact) mass is 448 g/mol. The first-order chi connectivity index (χ1) is 14.2. The number of ketones is 2. The number of hydrogen-bond acceptors (Lipinski definition) is 4. The van der Waals surface area contributed by atoms with E-state index < -0.39 is 14.2 Å². The molecule has 0 aliphatic carbocycles. The largest absolute Gasteiger partial charge is 0.414 e. The van der Waals surface area contributed by atoms with Crippen LogP contribution in [0.1, 0.15) is 67.4 Å². The highest BCUT2D eigenvalue weighted by Gasteiger charge is 2.41. The highest BCUT2D eigenvalue weighted by atomic mass is 28.4. The molecule has 31 heavy (non-hydrogen) atoms. The molecule has 0 spiro atoms.